The summed E-state index contributed by atoms with van der Waals surface area (Å²) in [5.74, 6) is -5.44. The fraction of sp³-hybridized carbons (Fsp3) is 0.136. The highest BCUT2D eigenvalue weighted by Gasteiger charge is 2.25. The molecule has 0 aliphatic heterocycles. The Morgan fingerprint density at radius 2 is 1.15 bits per heavy atom. The fourth-order valence-corrected chi connectivity index (χ4v) is 5.67. The van der Waals surface area contributed by atoms with E-state index in [1.165, 1.54) is 109 Å². The molecule has 0 radical (unpaired) electrons. The molecule has 1 unspecified atom stereocenters. The minimum absolute atomic E-state index is 0.0501. The molecule has 5 aromatic carbocycles. The van der Waals surface area contributed by atoms with Crippen molar-refractivity contribution in [1.29, 1.82) is 5.26 Å². The first-order chi connectivity index (χ1) is 29.1. The number of ether oxygens (including phenoxy) is 1. The van der Waals surface area contributed by atoms with E-state index in [0.29, 0.717) is 22.5 Å². The lowest BCUT2D eigenvalue weighted by atomic mass is 10.1. The van der Waals surface area contributed by atoms with Crippen LogP contribution in [-0.4, -0.2) is 63.8 Å². The van der Waals surface area contributed by atoms with Gasteiger partial charge in [-0.3, -0.25) is 28.8 Å². The molecule has 0 aliphatic carbocycles. The first-order valence-electron chi connectivity index (χ1n) is 18.5. The van der Waals surface area contributed by atoms with E-state index in [0.717, 1.165) is 0 Å². The Hall–Kier alpha value is -8.52. The predicted molar refractivity (Wildman–Crippen MR) is 223 cm³/mol. The van der Waals surface area contributed by atoms with Crippen molar-refractivity contribution < 1.29 is 48.5 Å². The Balaban J connectivity index is 1.20. The minimum atomic E-state index is -1.38. The Kier molecular flexibility index (Phi) is 14.1. The zero-order valence-electron chi connectivity index (χ0n) is 32.6. The number of carbonyl (C=O) groups is 7. The van der Waals surface area contributed by atoms with Crippen molar-refractivity contribution in [2.75, 3.05) is 21.3 Å². The van der Waals surface area contributed by atoms with E-state index < -0.39 is 60.0 Å². The quantitative estimate of drug-likeness (QED) is 0.0652. The number of nitrogens with one attached hydrogen (secondary N) is 5. The number of nitrogens with two attached hydrogens (primary N) is 1. The number of hydrogen-bond acceptors (Lipinski definition) is 10. The van der Waals surface area contributed by atoms with Crippen LogP contribution in [-0.2, 0) is 20.8 Å². The Bertz CT molecular complexity index is 2520. The molecule has 0 fully saturated rings. The van der Waals surface area contributed by atoms with Gasteiger partial charge in [0.1, 0.15) is 6.04 Å². The largest absolute Gasteiger partial charge is 0.504 e. The van der Waals surface area contributed by atoms with Crippen LogP contribution in [0.4, 0.5) is 22.7 Å². The van der Waals surface area contributed by atoms with Crippen LogP contribution in [0.2, 0.25) is 0 Å². The van der Waals surface area contributed by atoms with Gasteiger partial charge < -0.3 is 47.3 Å². The number of aromatic hydroxyl groups is 1. The van der Waals surface area contributed by atoms with Crippen molar-refractivity contribution in [2.24, 2.45) is 5.73 Å². The number of anilines is 4. The lowest BCUT2D eigenvalue weighted by molar-refractivity contribution is -0.123. The van der Waals surface area contributed by atoms with E-state index in [1.54, 1.807) is 13.8 Å². The van der Waals surface area contributed by atoms with Crippen molar-refractivity contribution in [3.05, 3.63) is 143 Å². The number of rotatable bonds is 16. The van der Waals surface area contributed by atoms with Gasteiger partial charge in [-0.05, 0) is 117 Å². The monoisotopic (exact) mass is 825 g/mol. The summed E-state index contributed by atoms with van der Waals surface area (Å²) in [5, 5.41) is 42.2. The third-order valence-electron chi connectivity index (χ3n) is 8.71. The summed E-state index contributed by atoms with van der Waals surface area (Å²) in [6.07, 6.45) is -1.24. The van der Waals surface area contributed by atoms with Gasteiger partial charge in [0.25, 0.3) is 17.7 Å². The molecule has 5 rings (SSSR count). The molecule has 5 aromatic rings. The number of nitrogens with zero attached hydrogens (tertiary/aromatic N) is 1. The Morgan fingerprint density at radius 1 is 0.656 bits per heavy atom. The second kappa shape index (κ2) is 19.8. The smallest absolute Gasteiger partial charge is 0.335 e. The maximum absolute atomic E-state index is 13.3. The summed E-state index contributed by atoms with van der Waals surface area (Å²) in [4.78, 5) is 87.9. The molecule has 0 bridgehead atoms. The molecule has 1 atom stereocenters. The molecular weight excluding hydrogens is 787 g/mol. The molecule has 0 saturated carbocycles. The fourth-order valence-electron chi connectivity index (χ4n) is 5.67. The van der Waals surface area contributed by atoms with Gasteiger partial charge in [-0.15, -0.1) is 0 Å². The maximum atomic E-state index is 13.3. The number of amides is 6. The lowest BCUT2D eigenvalue weighted by Gasteiger charge is -2.19. The normalized spacial score (nSPS) is 11.0. The summed E-state index contributed by atoms with van der Waals surface area (Å²) >= 11 is 0. The molecular formula is C44H39N7O10. The van der Waals surface area contributed by atoms with Crippen molar-refractivity contribution in [3.63, 3.8) is 0 Å². The number of carboxylic acid groups (broad SMARTS) is 1. The van der Waals surface area contributed by atoms with Crippen LogP contribution >= 0.6 is 0 Å². The van der Waals surface area contributed by atoms with E-state index in [1.807, 2.05) is 6.07 Å². The third-order valence-corrected chi connectivity index (χ3v) is 8.71. The topological polar surface area (TPSA) is 279 Å². The number of nitriles is 1. The standard InChI is InChI=1S/C44H39N7O10/c1-24(2)61-39-34(20-13-30(38(39)54)21-37(53)47-31-18-11-29(12-19-31)44(59)60)50-41(56)27-9-16-33(17-10-27)49-43(58)35(22-36(46)52)51-42(57)28-7-14-32(15-8-28)48-40(55)26-5-3-25(23-45)4-6-26/h3-20,24,35,54H,21-22H2,1-2H3,(H2,46,52)(H,47,53)(H,48,55)(H,49,58)(H,50,56)(H,51,57)(H,59,60). The number of carbonyl (C=O) groups excluding carboxylic acids is 6. The molecule has 17 heteroatoms. The lowest BCUT2D eigenvalue weighted by Crippen LogP contribution is -2.46. The molecule has 17 nitrogen and oxygen atoms in total. The van der Waals surface area contributed by atoms with E-state index >= 15 is 0 Å². The Labute approximate surface area is 348 Å². The van der Waals surface area contributed by atoms with E-state index in [9.17, 15) is 38.7 Å². The summed E-state index contributed by atoms with van der Waals surface area (Å²) in [6, 6.07) is 26.5. The average molecular weight is 826 g/mol. The maximum Gasteiger partial charge on any atom is 0.335 e. The van der Waals surface area contributed by atoms with Crippen LogP contribution in [0.5, 0.6) is 11.5 Å². The first kappa shape index (κ1) is 43.6. The summed E-state index contributed by atoms with van der Waals surface area (Å²) in [7, 11) is 0. The van der Waals surface area contributed by atoms with Crippen LogP contribution < -0.4 is 37.1 Å². The highest BCUT2D eigenvalue weighted by molar-refractivity contribution is 6.07. The number of aromatic carboxylic acids is 1. The highest BCUT2D eigenvalue weighted by Crippen LogP contribution is 2.39. The zero-order chi connectivity index (χ0) is 44.2. The number of phenols is 1. The van der Waals surface area contributed by atoms with Crippen molar-refractivity contribution in [3.8, 4) is 17.6 Å². The van der Waals surface area contributed by atoms with E-state index in [2.05, 4.69) is 26.6 Å². The molecule has 0 saturated heterocycles. The second-order valence-corrected chi connectivity index (χ2v) is 13.7. The van der Waals surface area contributed by atoms with Gasteiger partial charge in [0.05, 0.1) is 41.8 Å². The first-order valence-corrected chi connectivity index (χ1v) is 18.5. The number of phenolic OH excluding ortho intramolecular Hbond substituents is 1. The molecule has 61 heavy (non-hydrogen) atoms. The van der Waals surface area contributed by atoms with Crippen LogP contribution in [0.25, 0.3) is 0 Å². The number of carboxylic acids is 1. The molecule has 0 aliphatic rings. The minimum Gasteiger partial charge on any atom is -0.504 e. The molecule has 0 aromatic heterocycles. The van der Waals surface area contributed by atoms with Crippen molar-refractivity contribution in [1.82, 2.24) is 5.32 Å². The number of hydrogen-bond donors (Lipinski definition) is 8. The third kappa shape index (κ3) is 12.0. The van der Waals surface area contributed by atoms with Gasteiger partial charge >= 0.3 is 5.97 Å². The van der Waals surface area contributed by atoms with Crippen LogP contribution in [0.15, 0.2) is 109 Å². The average Bonchev–Trinajstić information content (AvgIpc) is 3.23. The van der Waals surface area contributed by atoms with E-state index in [-0.39, 0.29) is 51.5 Å². The summed E-state index contributed by atoms with van der Waals surface area (Å²) in [6.45, 7) is 3.42. The molecule has 9 N–H and O–H groups in total. The number of primary amides is 1. The van der Waals surface area contributed by atoms with Gasteiger partial charge in [-0.25, -0.2) is 4.79 Å². The van der Waals surface area contributed by atoms with Gasteiger partial charge in [0.2, 0.25) is 17.7 Å². The summed E-state index contributed by atoms with van der Waals surface area (Å²) in [5.41, 5.74) is 7.65. The number of benzene rings is 5. The van der Waals surface area contributed by atoms with Crippen molar-refractivity contribution in [2.45, 2.75) is 38.8 Å². The van der Waals surface area contributed by atoms with Crippen LogP contribution in [0, 0.1) is 11.3 Å². The van der Waals surface area contributed by atoms with Crippen molar-refractivity contribution >= 4 is 64.2 Å². The molecule has 6 amide bonds. The van der Waals surface area contributed by atoms with Gasteiger partial charge in [-0.2, -0.15) is 5.26 Å². The Morgan fingerprint density at radius 3 is 1.67 bits per heavy atom. The van der Waals surface area contributed by atoms with Gasteiger partial charge in [-0.1, -0.05) is 6.07 Å². The molecule has 0 heterocycles. The highest BCUT2D eigenvalue weighted by atomic mass is 16.5. The SMILES string of the molecule is CC(C)Oc1c(NC(=O)c2ccc(NC(=O)C(CC(N)=O)NC(=O)c3ccc(NC(=O)c4ccc(C#N)cc4)cc3)cc2)ccc(CC(=O)Nc2ccc(C(=O)O)cc2)c1O. The predicted octanol–water partition coefficient (Wildman–Crippen LogP) is 5.05. The zero-order valence-corrected chi connectivity index (χ0v) is 32.6. The van der Waals surface area contributed by atoms with Crippen LogP contribution in [0.3, 0.4) is 0 Å². The van der Waals surface area contributed by atoms with E-state index in [4.69, 9.17) is 20.8 Å². The van der Waals surface area contributed by atoms with Crippen LogP contribution in [0.1, 0.15) is 72.8 Å². The second-order valence-electron chi connectivity index (χ2n) is 13.7. The summed E-state index contributed by atoms with van der Waals surface area (Å²) < 4.78 is 5.81. The van der Waals surface area contributed by atoms with Gasteiger partial charge in [0, 0.05) is 39.3 Å². The van der Waals surface area contributed by atoms with Gasteiger partial charge in [0.15, 0.2) is 11.5 Å². The molecule has 0 spiro atoms. The molecule has 310 valence electrons.